The molecule has 5 nitrogen and oxygen atoms in total. The van der Waals surface area contributed by atoms with Crippen molar-refractivity contribution in [2.24, 2.45) is 0 Å². The van der Waals surface area contributed by atoms with Crippen LogP contribution in [0.15, 0.2) is 77.3 Å². The van der Waals surface area contributed by atoms with E-state index in [9.17, 15) is 0 Å². The van der Waals surface area contributed by atoms with Crippen molar-refractivity contribution in [1.29, 1.82) is 0 Å². The topological polar surface area (TPSA) is 45.5 Å². The molecule has 4 aromatic rings. The number of ether oxygens (including phenoxy) is 3. The summed E-state index contributed by atoms with van der Waals surface area (Å²) in [5.41, 5.74) is 5.02. The normalized spacial score (nSPS) is 10.7. The Morgan fingerprint density at radius 2 is 1.32 bits per heavy atom. The minimum absolute atomic E-state index is 0.604. The molecule has 1 aromatic heterocycles. The van der Waals surface area contributed by atoms with Crippen molar-refractivity contribution in [3.8, 4) is 39.8 Å². The first-order valence-corrected chi connectivity index (χ1v) is 10.6. The Hall–Kier alpha value is -3.25. The van der Waals surface area contributed by atoms with Crippen molar-refractivity contribution in [2.45, 2.75) is 6.54 Å². The molecule has 0 aliphatic carbocycles. The molecule has 0 N–H and O–H groups in total. The molecular weight excluding hydrogens is 456 g/mol. The number of hydrogen-bond donors (Lipinski definition) is 0. The van der Waals surface area contributed by atoms with Crippen molar-refractivity contribution in [3.05, 3.63) is 82.8 Å². The molecule has 0 saturated carbocycles. The zero-order valence-electron chi connectivity index (χ0n) is 17.6. The number of benzene rings is 3. The first-order chi connectivity index (χ1) is 15.1. The molecule has 1 heterocycles. The fourth-order valence-electron chi connectivity index (χ4n) is 3.46. The van der Waals surface area contributed by atoms with Gasteiger partial charge in [0.15, 0.2) is 0 Å². The van der Waals surface area contributed by atoms with Crippen LogP contribution < -0.4 is 14.2 Å². The van der Waals surface area contributed by atoms with E-state index in [1.165, 1.54) is 0 Å². The van der Waals surface area contributed by atoms with Gasteiger partial charge in [-0.25, -0.2) is 0 Å². The van der Waals surface area contributed by atoms with Crippen LogP contribution in [0.25, 0.3) is 22.5 Å². The first-order valence-electron chi connectivity index (χ1n) is 9.81. The molecule has 4 rings (SSSR count). The summed E-state index contributed by atoms with van der Waals surface area (Å²) < 4.78 is 19.0. The Bertz CT molecular complexity index is 1170. The summed E-state index contributed by atoms with van der Waals surface area (Å²) in [6.45, 7) is 0.604. The van der Waals surface area contributed by atoms with Crippen molar-refractivity contribution >= 4 is 15.9 Å². The largest absolute Gasteiger partial charge is 0.497 e. The van der Waals surface area contributed by atoms with Crippen LogP contribution in [-0.2, 0) is 6.54 Å². The molecule has 31 heavy (non-hydrogen) atoms. The van der Waals surface area contributed by atoms with Gasteiger partial charge in [-0.05, 0) is 82.2 Å². The zero-order valence-corrected chi connectivity index (χ0v) is 19.2. The SMILES string of the molecule is COc1ccc(-c2nn(Cc3cccc(OC)c3)c(-c3ccc(OC)cc3)c2Br)cc1. The third kappa shape index (κ3) is 4.44. The van der Waals surface area contributed by atoms with E-state index in [4.69, 9.17) is 19.3 Å². The molecule has 0 amide bonds. The van der Waals surface area contributed by atoms with Crippen LogP contribution >= 0.6 is 15.9 Å². The molecule has 0 atom stereocenters. The Kier molecular flexibility index (Phi) is 6.28. The molecule has 158 valence electrons. The van der Waals surface area contributed by atoms with E-state index in [0.717, 1.165) is 49.8 Å². The third-order valence-electron chi connectivity index (χ3n) is 5.09. The second kappa shape index (κ2) is 9.27. The third-order valence-corrected chi connectivity index (χ3v) is 5.84. The molecule has 0 bridgehead atoms. The summed E-state index contributed by atoms with van der Waals surface area (Å²) in [5, 5.41) is 4.96. The van der Waals surface area contributed by atoms with Gasteiger partial charge in [-0.15, -0.1) is 0 Å². The fourth-order valence-corrected chi connectivity index (χ4v) is 4.20. The maximum absolute atomic E-state index is 5.39. The highest BCUT2D eigenvalue weighted by molar-refractivity contribution is 9.10. The summed E-state index contributed by atoms with van der Waals surface area (Å²) >= 11 is 3.82. The minimum atomic E-state index is 0.604. The summed E-state index contributed by atoms with van der Waals surface area (Å²) in [5.74, 6) is 2.45. The maximum Gasteiger partial charge on any atom is 0.119 e. The molecule has 0 saturated heterocycles. The Morgan fingerprint density at radius 3 is 1.90 bits per heavy atom. The van der Waals surface area contributed by atoms with Gasteiger partial charge in [-0.3, -0.25) is 4.68 Å². The predicted octanol–water partition coefficient (Wildman–Crippen LogP) is 6.05. The lowest BCUT2D eigenvalue weighted by atomic mass is 10.1. The molecule has 6 heteroatoms. The molecular formula is C25H23BrN2O3. The van der Waals surface area contributed by atoms with Gasteiger partial charge in [0.05, 0.1) is 38.0 Å². The van der Waals surface area contributed by atoms with Crippen LogP contribution in [-0.4, -0.2) is 31.1 Å². The van der Waals surface area contributed by atoms with Crippen LogP contribution in [0.5, 0.6) is 17.2 Å². The van der Waals surface area contributed by atoms with Gasteiger partial charge in [0, 0.05) is 11.1 Å². The van der Waals surface area contributed by atoms with E-state index in [2.05, 4.69) is 22.0 Å². The van der Waals surface area contributed by atoms with Gasteiger partial charge in [0.25, 0.3) is 0 Å². The van der Waals surface area contributed by atoms with Crippen LogP contribution in [0.2, 0.25) is 0 Å². The van der Waals surface area contributed by atoms with Crippen LogP contribution in [0, 0.1) is 0 Å². The van der Waals surface area contributed by atoms with Gasteiger partial charge in [-0.1, -0.05) is 12.1 Å². The van der Waals surface area contributed by atoms with Crippen molar-refractivity contribution < 1.29 is 14.2 Å². The van der Waals surface area contributed by atoms with E-state index in [0.29, 0.717) is 6.54 Å². The molecule has 3 aromatic carbocycles. The van der Waals surface area contributed by atoms with Gasteiger partial charge in [-0.2, -0.15) is 5.10 Å². The highest BCUT2D eigenvalue weighted by Crippen LogP contribution is 2.38. The van der Waals surface area contributed by atoms with Gasteiger partial charge < -0.3 is 14.2 Å². The number of hydrogen-bond acceptors (Lipinski definition) is 4. The summed E-state index contributed by atoms with van der Waals surface area (Å²) in [4.78, 5) is 0. The van der Waals surface area contributed by atoms with Crippen LogP contribution in [0.1, 0.15) is 5.56 Å². The Morgan fingerprint density at radius 1 is 0.742 bits per heavy atom. The Balaban J connectivity index is 1.81. The number of methoxy groups -OCH3 is 3. The van der Waals surface area contributed by atoms with Crippen LogP contribution in [0.4, 0.5) is 0 Å². The van der Waals surface area contributed by atoms with Gasteiger partial charge in [0.2, 0.25) is 0 Å². The number of rotatable bonds is 7. The standard InChI is InChI=1S/C25H23BrN2O3/c1-29-20-11-7-18(8-12-20)24-23(26)25(19-9-13-21(30-2)14-10-19)28(27-24)16-17-5-4-6-22(15-17)31-3/h4-15H,16H2,1-3H3. The second-order valence-corrected chi connectivity index (χ2v) is 7.77. The van der Waals surface area contributed by atoms with E-state index in [-0.39, 0.29) is 0 Å². The minimum Gasteiger partial charge on any atom is -0.497 e. The highest BCUT2D eigenvalue weighted by Gasteiger charge is 2.19. The lowest BCUT2D eigenvalue weighted by Crippen LogP contribution is -2.04. The molecule has 0 spiro atoms. The second-order valence-electron chi connectivity index (χ2n) is 6.98. The molecule has 0 aliphatic heterocycles. The van der Waals surface area contributed by atoms with Gasteiger partial charge >= 0.3 is 0 Å². The van der Waals surface area contributed by atoms with E-state index in [1.54, 1.807) is 21.3 Å². The Labute approximate surface area is 190 Å². The predicted molar refractivity (Wildman–Crippen MR) is 126 cm³/mol. The number of halogens is 1. The first kappa shape index (κ1) is 21.0. The summed E-state index contributed by atoms with van der Waals surface area (Å²) in [6.07, 6.45) is 0. The van der Waals surface area contributed by atoms with E-state index in [1.807, 2.05) is 71.4 Å². The fraction of sp³-hybridized carbons (Fsp3) is 0.160. The molecule has 0 fully saturated rings. The lowest BCUT2D eigenvalue weighted by Gasteiger charge is -2.10. The summed E-state index contributed by atoms with van der Waals surface area (Å²) in [6, 6.07) is 23.9. The smallest absolute Gasteiger partial charge is 0.119 e. The van der Waals surface area contributed by atoms with Crippen LogP contribution in [0.3, 0.4) is 0 Å². The van der Waals surface area contributed by atoms with Crippen molar-refractivity contribution in [1.82, 2.24) is 9.78 Å². The zero-order chi connectivity index (χ0) is 21.8. The highest BCUT2D eigenvalue weighted by atomic mass is 79.9. The van der Waals surface area contributed by atoms with Gasteiger partial charge in [0.1, 0.15) is 22.9 Å². The quantitative estimate of drug-likeness (QED) is 0.324. The average Bonchev–Trinajstić information content (AvgIpc) is 3.14. The summed E-state index contributed by atoms with van der Waals surface area (Å²) in [7, 11) is 5.00. The lowest BCUT2D eigenvalue weighted by molar-refractivity contribution is 0.414. The monoisotopic (exact) mass is 478 g/mol. The molecule has 0 unspecified atom stereocenters. The molecule has 0 radical (unpaired) electrons. The van der Waals surface area contributed by atoms with E-state index < -0.39 is 0 Å². The van der Waals surface area contributed by atoms with Crippen molar-refractivity contribution in [2.75, 3.05) is 21.3 Å². The van der Waals surface area contributed by atoms with E-state index >= 15 is 0 Å². The molecule has 0 aliphatic rings. The average molecular weight is 479 g/mol. The van der Waals surface area contributed by atoms with Crippen molar-refractivity contribution in [3.63, 3.8) is 0 Å². The number of aromatic nitrogens is 2. The maximum atomic E-state index is 5.39. The number of nitrogens with zero attached hydrogens (tertiary/aromatic N) is 2.